The zero-order chi connectivity index (χ0) is 19.8. The average Bonchev–Trinajstić information content (AvgIpc) is 2.68. The number of nitrogens with one attached hydrogen (secondary N) is 1. The van der Waals surface area contributed by atoms with Crippen molar-refractivity contribution in [3.8, 4) is 5.88 Å². The minimum absolute atomic E-state index is 0.113. The van der Waals surface area contributed by atoms with Gasteiger partial charge in [-0.2, -0.15) is 4.39 Å². The van der Waals surface area contributed by atoms with Crippen molar-refractivity contribution < 1.29 is 13.9 Å². The van der Waals surface area contributed by atoms with Gasteiger partial charge in [0, 0.05) is 12.6 Å². The standard InChI is InChI=1S/C19H22FN5O2/c1-4-14(21)15(8-12(3)13-6-7-17(20)23-9-13)25-19(26)16-10-24-18(11-22-16)27-5-2/h4,8-11H,3,5-7,21H2,1-2H3,(H,25,26)/b14-4+,15-8+. The van der Waals surface area contributed by atoms with Gasteiger partial charge in [0.15, 0.2) is 5.97 Å². The Hall–Kier alpha value is -3.29. The minimum atomic E-state index is -0.476. The SMILES string of the molecule is C=C(/C=C(NC(=O)c1cnc(OCC)cn1)\C(N)=C/C)C1=CN=C(F)CC1. The van der Waals surface area contributed by atoms with Crippen LogP contribution in [-0.2, 0) is 0 Å². The van der Waals surface area contributed by atoms with Gasteiger partial charge in [-0.15, -0.1) is 0 Å². The lowest BCUT2D eigenvalue weighted by Crippen LogP contribution is -2.27. The Labute approximate surface area is 157 Å². The number of aliphatic imine (C=N–C) groups is 1. The molecule has 0 fully saturated rings. The van der Waals surface area contributed by atoms with Crippen molar-refractivity contribution in [1.29, 1.82) is 0 Å². The number of allylic oxidation sites excluding steroid dienone is 4. The van der Waals surface area contributed by atoms with E-state index in [2.05, 4.69) is 26.9 Å². The van der Waals surface area contributed by atoms with Crippen molar-refractivity contribution in [2.45, 2.75) is 26.7 Å². The Kier molecular flexibility index (Phi) is 6.99. The first-order valence-electron chi connectivity index (χ1n) is 8.45. The second-order valence-electron chi connectivity index (χ2n) is 5.61. The molecule has 0 radical (unpaired) electrons. The number of aromatic nitrogens is 2. The lowest BCUT2D eigenvalue weighted by Gasteiger charge is -2.14. The summed E-state index contributed by atoms with van der Waals surface area (Å²) in [5.74, 6) is -0.551. The van der Waals surface area contributed by atoms with Gasteiger partial charge >= 0.3 is 0 Å². The number of nitrogens with zero attached hydrogens (tertiary/aromatic N) is 3. The number of ether oxygens (including phenoxy) is 1. The van der Waals surface area contributed by atoms with Crippen LogP contribution < -0.4 is 15.8 Å². The number of hydrogen-bond acceptors (Lipinski definition) is 6. The molecule has 2 heterocycles. The fourth-order valence-electron chi connectivity index (χ4n) is 2.21. The smallest absolute Gasteiger partial charge is 0.275 e. The van der Waals surface area contributed by atoms with Gasteiger partial charge in [-0.3, -0.25) is 4.79 Å². The van der Waals surface area contributed by atoms with Gasteiger partial charge in [-0.1, -0.05) is 12.7 Å². The third kappa shape index (κ3) is 5.60. The van der Waals surface area contributed by atoms with Crippen LogP contribution in [0.15, 0.2) is 64.9 Å². The van der Waals surface area contributed by atoms with E-state index in [-0.39, 0.29) is 12.1 Å². The number of carbonyl (C=O) groups excluding carboxylic acids is 1. The number of halogens is 1. The highest BCUT2D eigenvalue weighted by molar-refractivity contribution is 5.93. The summed E-state index contributed by atoms with van der Waals surface area (Å²) in [5, 5.41) is 2.70. The molecule has 1 aromatic rings. The normalized spacial score (nSPS) is 14.9. The molecule has 0 spiro atoms. The van der Waals surface area contributed by atoms with Crippen molar-refractivity contribution >= 4 is 11.9 Å². The highest BCUT2D eigenvalue weighted by Gasteiger charge is 2.14. The zero-order valence-electron chi connectivity index (χ0n) is 15.3. The van der Waals surface area contributed by atoms with Crippen LogP contribution in [0.4, 0.5) is 4.39 Å². The van der Waals surface area contributed by atoms with E-state index in [4.69, 9.17) is 10.5 Å². The molecule has 0 aliphatic carbocycles. The minimum Gasteiger partial charge on any atom is -0.477 e. The van der Waals surface area contributed by atoms with Crippen LogP contribution in [0, 0.1) is 0 Å². The average molecular weight is 371 g/mol. The number of hydrogen-bond donors (Lipinski definition) is 2. The summed E-state index contributed by atoms with van der Waals surface area (Å²) in [4.78, 5) is 24.2. The summed E-state index contributed by atoms with van der Waals surface area (Å²) in [6.45, 7) is 7.98. The van der Waals surface area contributed by atoms with Crippen LogP contribution in [0.3, 0.4) is 0 Å². The highest BCUT2D eigenvalue weighted by atomic mass is 19.1. The predicted molar refractivity (Wildman–Crippen MR) is 102 cm³/mol. The van der Waals surface area contributed by atoms with Crippen LogP contribution in [-0.4, -0.2) is 28.4 Å². The molecule has 27 heavy (non-hydrogen) atoms. The molecule has 0 saturated carbocycles. The molecule has 1 aromatic heterocycles. The van der Waals surface area contributed by atoms with Gasteiger partial charge in [0.05, 0.1) is 30.4 Å². The van der Waals surface area contributed by atoms with Crippen LogP contribution in [0.1, 0.15) is 37.2 Å². The predicted octanol–water partition coefficient (Wildman–Crippen LogP) is 2.95. The topological polar surface area (TPSA) is 102 Å². The Morgan fingerprint density at radius 1 is 1.41 bits per heavy atom. The van der Waals surface area contributed by atoms with E-state index < -0.39 is 11.9 Å². The molecule has 0 unspecified atom stereocenters. The second-order valence-corrected chi connectivity index (χ2v) is 5.61. The maximum absolute atomic E-state index is 13.1. The highest BCUT2D eigenvalue weighted by Crippen LogP contribution is 2.22. The molecule has 142 valence electrons. The van der Waals surface area contributed by atoms with Crippen molar-refractivity contribution in [2.24, 2.45) is 10.7 Å². The first-order valence-corrected chi connectivity index (χ1v) is 8.45. The third-order valence-electron chi connectivity index (χ3n) is 3.72. The van der Waals surface area contributed by atoms with Crippen molar-refractivity contribution in [2.75, 3.05) is 6.61 Å². The molecule has 0 aromatic carbocycles. The molecule has 3 N–H and O–H groups in total. The van der Waals surface area contributed by atoms with E-state index in [0.717, 1.165) is 5.57 Å². The van der Waals surface area contributed by atoms with Crippen molar-refractivity contribution in [1.82, 2.24) is 15.3 Å². The summed E-state index contributed by atoms with van der Waals surface area (Å²) in [6, 6.07) is 0. The van der Waals surface area contributed by atoms with E-state index in [1.54, 1.807) is 19.1 Å². The fraction of sp³-hybridized carbons (Fsp3) is 0.263. The van der Waals surface area contributed by atoms with E-state index >= 15 is 0 Å². The molecule has 8 heteroatoms. The van der Waals surface area contributed by atoms with Gasteiger partial charge < -0.3 is 15.8 Å². The van der Waals surface area contributed by atoms with E-state index in [9.17, 15) is 9.18 Å². The summed E-state index contributed by atoms with van der Waals surface area (Å²) < 4.78 is 18.3. The monoisotopic (exact) mass is 371 g/mol. The molecular formula is C19H22FN5O2. The molecule has 2 rings (SSSR count). The number of nitrogens with two attached hydrogens (primary N) is 1. The molecule has 1 aliphatic heterocycles. The number of rotatable bonds is 7. The summed E-state index contributed by atoms with van der Waals surface area (Å²) in [5.41, 5.74) is 8.17. The Bertz CT molecular complexity index is 838. The van der Waals surface area contributed by atoms with Crippen LogP contribution in [0.25, 0.3) is 0 Å². The molecule has 0 bridgehead atoms. The number of amides is 1. The van der Waals surface area contributed by atoms with Crippen molar-refractivity contribution in [3.05, 3.63) is 65.6 Å². The largest absolute Gasteiger partial charge is 0.477 e. The maximum atomic E-state index is 13.1. The first kappa shape index (κ1) is 20.0. The second kappa shape index (κ2) is 9.42. The lowest BCUT2D eigenvalue weighted by molar-refractivity contribution is 0.0961. The van der Waals surface area contributed by atoms with Crippen molar-refractivity contribution in [3.63, 3.8) is 0 Å². The van der Waals surface area contributed by atoms with Crippen LogP contribution >= 0.6 is 0 Å². The Morgan fingerprint density at radius 3 is 2.74 bits per heavy atom. The summed E-state index contributed by atoms with van der Waals surface area (Å²) >= 11 is 0. The zero-order valence-corrected chi connectivity index (χ0v) is 15.3. The molecule has 1 aliphatic rings. The fourth-order valence-corrected chi connectivity index (χ4v) is 2.21. The third-order valence-corrected chi connectivity index (χ3v) is 3.72. The van der Waals surface area contributed by atoms with Gasteiger partial charge in [-0.25, -0.2) is 15.0 Å². The van der Waals surface area contributed by atoms with Gasteiger partial charge in [0.2, 0.25) is 5.88 Å². The van der Waals surface area contributed by atoms with E-state index in [0.29, 0.717) is 35.9 Å². The first-order chi connectivity index (χ1) is 12.9. The molecular weight excluding hydrogens is 349 g/mol. The van der Waals surface area contributed by atoms with Crippen LogP contribution in [0.2, 0.25) is 0 Å². The van der Waals surface area contributed by atoms with Gasteiger partial charge in [-0.05, 0) is 37.5 Å². The van der Waals surface area contributed by atoms with Crippen LogP contribution in [0.5, 0.6) is 5.88 Å². The Balaban J connectivity index is 2.19. The molecule has 0 atom stereocenters. The molecule has 1 amide bonds. The van der Waals surface area contributed by atoms with Gasteiger partial charge in [0.1, 0.15) is 5.69 Å². The van der Waals surface area contributed by atoms with Gasteiger partial charge in [0.25, 0.3) is 5.91 Å². The molecule has 7 nitrogen and oxygen atoms in total. The number of carbonyl (C=O) groups is 1. The quantitative estimate of drug-likeness (QED) is 0.718. The summed E-state index contributed by atoms with van der Waals surface area (Å²) in [7, 11) is 0. The maximum Gasteiger partial charge on any atom is 0.275 e. The summed E-state index contributed by atoms with van der Waals surface area (Å²) in [6.07, 6.45) is 8.10. The molecule has 0 saturated heterocycles. The Morgan fingerprint density at radius 2 is 2.19 bits per heavy atom. The van der Waals surface area contributed by atoms with E-state index in [1.807, 2.05) is 6.92 Å². The van der Waals surface area contributed by atoms with E-state index in [1.165, 1.54) is 18.6 Å². The lowest BCUT2D eigenvalue weighted by atomic mass is 10.0.